The van der Waals surface area contributed by atoms with Gasteiger partial charge in [-0.15, -0.1) is 0 Å². The molecule has 110 valence electrons. The maximum absolute atomic E-state index is 12.3. The standard InChI is InChI=1S/C13H16Cl2N2O3/c1-8(2)4-5-16(3)13(18)10-6-9(17(19)20)7-11(14)12(10)15/h6-8H,4-5H2,1-3H3. The first-order chi connectivity index (χ1) is 9.23. The number of carbonyl (C=O) groups excluding carboxylic acids is 1. The number of hydrogen-bond donors (Lipinski definition) is 0. The Morgan fingerprint density at radius 1 is 1.40 bits per heavy atom. The second kappa shape index (κ2) is 6.90. The summed E-state index contributed by atoms with van der Waals surface area (Å²) in [4.78, 5) is 24.0. The molecule has 0 fully saturated rings. The Morgan fingerprint density at radius 3 is 2.50 bits per heavy atom. The number of hydrogen-bond acceptors (Lipinski definition) is 3. The number of non-ortho nitro benzene ring substituents is 1. The van der Waals surface area contributed by atoms with Crippen molar-refractivity contribution in [1.29, 1.82) is 0 Å². The van der Waals surface area contributed by atoms with Gasteiger partial charge in [-0.05, 0) is 12.3 Å². The van der Waals surface area contributed by atoms with E-state index in [0.717, 1.165) is 18.6 Å². The maximum Gasteiger partial charge on any atom is 0.271 e. The van der Waals surface area contributed by atoms with E-state index < -0.39 is 4.92 Å². The minimum absolute atomic E-state index is 0.00137. The molecule has 1 aromatic carbocycles. The van der Waals surface area contributed by atoms with Crippen LogP contribution in [-0.4, -0.2) is 29.3 Å². The van der Waals surface area contributed by atoms with Gasteiger partial charge < -0.3 is 4.90 Å². The third-order valence-electron chi connectivity index (χ3n) is 2.84. The average Bonchev–Trinajstić information content (AvgIpc) is 2.37. The van der Waals surface area contributed by atoms with Crippen molar-refractivity contribution in [3.05, 3.63) is 37.9 Å². The Balaban J connectivity index is 3.05. The van der Waals surface area contributed by atoms with Gasteiger partial charge in [-0.25, -0.2) is 0 Å². The van der Waals surface area contributed by atoms with Crippen molar-refractivity contribution in [3.63, 3.8) is 0 Å². The van der Waals surface area contributed by atoms with Crippen molar-refractivity contribution in [3.8, 4) is 0 Å². The molecule has 0 N–H and O–H groups in total. The van der Waals surface area contributed by atoms with Crippen LogP contribution in [0.25, 0.3) is 0 Å². The van der Waals surface area contributed by atoms with Crippen LogP contribution in [0.1, 0.15) is 30.6 Å². The number of rotatable bonds is 5. The summed E-state index contributed by atoms with van der Waals surface area (Å²) in [5.41, 5.74) is -0.197. The van der Waals surface area contributed by atoms with Crippen molar-refractivity contribution in [1.82, 2.24) is 4.90 Å². The summed E-state index contributed by atoms with van der Waals surface area (Å²) in [6.45, 7) is 4.65. The molecule has 0 heterocycles. The number of nitro groups is 1. The van der Waals surface area contributed by atoms with Gasteiger partial charge in [0, 0.05) is 25.7 Å². The summed E-state index contributed by atoms with van der Waals surface area (Å²) < 4.78 is 0. The Bertz CT molecular complexity index is 533. The molecular formula is C13H16Cl2N2O3. The van der Waals surface area contributed by atoms with Gasteiger partial charge >= 0.3 is 0 Å². The second-order valence-electron chi connectivity index (χ2n) is 4.96. The summed E-state index contributed by atoms with van der Waals surface area (Å²) in [6.07, 6.45) is 0.836. The average molecular weight is 319 g/mol. The molecule has 7 heteroatoms. The summed E-state index contributed by atoms with van der Waals surface area (Å²) in [5, 5.41) is 10.8. The fourth-order valence-electron chi connectivity index (χ4n) is 1.59. The van der Waals surface area contributed by atoms with Gasteiger partial charge in [0.05, 0.1) is 20.5 Å². The van der Waals surface area contributed by atoms with Crippen LogP contribution < -0.4 is 0 Å². The molecular weight excluding hydrogens is 303 g/mol. The third-order valence-corrected chi connectivity index (χ3v) is 3.64. The molecule has 0 aliphatic carbocycles. The predicted octanol–water partition coefficient (Wildman–Crippen LogP) is 4.02. The third kappa shape index (κ3) is 4.08. The van der Waals surface area contributed by atoms with Gasteiger partial charge in [0.25, 0.3) is 11.6 Å². The van der Waals surface area contributed by atoms with Gasteiger partial charge in [-0.1, -0.05) is 37.0 Å². The topological polar surface area (TPSA) is 63.5 Å². The highest BCUT2D eigenvalue weighted by Crippen LogP contribution is 2.31. The minimum atomic E-state index is -0.604. The predicted molar refractivity (Wildman–Crippen MR) is 79.5 cm³/mol. The number of halogens is 2. The molecule has 0 bridgehead atoms. The minimum Gasteiger partial charge on any atom is -0.342 e. The van der Waals surface area contributed by atoms with Crippen LogP contribution in [0.5, 0.6) is 0 Å². The summed E-state index contributed by atoms with van der Waals surface area (Å²) in [6, 6.07) is 2.29. The van der Waals surface area contributed by atoms with Gasteiger partial charge in [0.2, 0.25) is 0 Å². The molecule has 0 saturated heterocycles. The first kappa shape index (κ1) is 16.7. The summed E-state index contributed by atoms with van der Waals surface area (Å²) in [7, 11) is 1.63. The highest BCUT2D eigenvalue weighted by molar-refractivity contribution is 6.44. The number of nitrogens with zero attached hydrogens (tertiary/aromatic N) is 2. The van der Waals surface area contributed by atoms with E-state index in [2.05, 4.69) is 13.8 Å². The quantitative estimate of drug-likeness (QED) is 0.608. The van der Waals surface area contributed by atoms with E-state index in [1.165, 1.54) is 4.90 Å². The Morgan fingerprint density at radius 2 is 2.00 bits per heavy atom. The van der Waals surface area contributed by atoms with E-state index in [1.807, 2.05) is 0 Å². The van der Waals surface area contributed by atoms with E-state index in [-0.39, 0.29) is 27.2 Å². The normalized spacial score (nSPS) is 10.7. The van der Waals surface area contributed by atoms with Crippen molar-refractivity contribution >= 4 is 34.8 Å². The van der Waals surface area contributed by atoms with Crippen molar-refractivity contribution < 1.29 is 9.72 Å². The van der Waals surface area contributed by atoms with Crippen LogP contribution in [0.15, 0.2) is 12.1 Å². The van der Waals surface area contributed by atoms with Crippen LogP contribution in [-0.2, 0) is 0 Å². The van der Waals surface area contributed by atoms with E-state index in [1.54, 1.807) is 7.05 Å². The van der Waals surface area contributed by atoms with Crippen molar-refractivity contribution in [2.45, 2.75) is 20.3 Å². The van der Waals surface area contributed by atoms with Crippen LogP contribution in [0.3, 0.4) is 0 Å². The van der Waals surface area contributed by atoms with Gasteiger partial charge in [-0.2, -0.15) is 0 Å². The molecule has 0 unspecified atom stereocenters. The fourth-order valence-corrected chi connectivity index (χ4v) is 2.00. The molecule has 20 heavy (non-hydrogen) atoms. The van der Waals surface area contributed by atoms with Gasteiger partial charge in [0.15, 0.2) is 0 Å². The van der Waals surface area contributed by atoms with E-state index in [9.17, 15) is 14.9 Å². The van der Waals surface area contributed by atoms with Gasteiger partial charge in [0.1, 0.15) is 0 Å². The molecule has 0 spiro atoms. The first-order valence-electron chi connectivity index (χ1n) is 6.13. The number of carbonyl (C=O) groups is 1. The summed E-state index contributed by atoms with van der Waals surface area (Å²) in [5.74, 6) is 0.0793. The molecule has 0 atom stereocenters. The molecule has 1 rings (SSSR count). The van der Waals surface area contributed by atoms with Crippen LogP contribution in [0.2, 0.25) is 10.0 Å². The van der Waals surface area contributed by atoms with E-state index in [0.29, 0.717) is 12.5 Å². The molecule has 5 nitrogen and oxygen atoms in total. The molecule has 1 aromatic rings. The molecule has 0 aliphatic rings. The molecule has 1 amide bonds. The Labute approximate surface area is 127 Å². The highest BCUT2D eigenvalue weighted by atomic mass is 35.5. The monoisotopic (exact) mass is 318 g/mol. The van der Waals surface area contributed by atoms with E-state index in [4.69, 9.17) is 23.2 Å². The highest BCUT2D eigenvalue weighted by Gasteiger charge is 2.21. The van der Waals surface area contributed by atoms with Crippen molar-refractivity contribution in [2.75, 3.05) is 13.6 Å². The zero-order valence-corrected chi connectivity index (χ0v) is 13.0. The molecule has 0 saturated carbocycles. The Hall–Kier alpha value is -1.33. The summed E-state index contributed by atoms with van der Waals surface area (Å²) >= 11 is 11.8. The largest absolute Gasteiger partial charge is 0.342 e. The molecule has 0 radical (unpaired) electrons. The smallest absolute Gasteiger partial charge is 0.271 e. The Kier molecular flexibility index (Phi) is 5.77. The number of amides is 1. The lowest BCUT2D eigenvalue weighted by Gasteiger charge is -2.19. The van der Waals surface area contributed by atoms with Crippen LogP contribution >= 0.6 is 23.2 Å². The van der Waals surface area contributed by atoms with Crippen molar-refractivity contribution in [2.24, 2.45) is 5.92 Å². The second-order valence-corrected chi connectivity index (χ2v) is 5.74. The zero-order valence-electron chi connectivity index (χ0n) is 11.5. The van der Waals surface area contributed by atoms with E-state index >= 15 is 0 Å². The van der Waals surface area contributed by atoms with Crippen LogP contribution in [0.4, 0.5) is 5.69 Å². The molecule has 0 aliphatic heterocycles. The lowest BCUT2D eigenvalue weighted by Crippen LogP contribution is -2.28. The first-order valence-corrected chi connectivity index (χ1v) is 6.88. The van der Waals surface area contributed by atoms with Gasteiger partial charge in [-0.3, -0.25) is 14.9 Å². The lowest BCUT2D eigenvalue weighted by molar-refractivity contribution is -0.384. The maximum atomic E-state index is 12.3. The SMILES string of the molecule is CC(C)CCN(C)C(=O)c1cc([N+](=O)[O-])cc(Cl)c1Cl. The number of nitro benzene ring substituents is 1. The fraction of sp³-hybridized carbons (Fsp3) is 0.462. The van der Waals surface area contributed by atoms with Crippen LogP contribution in [0, 0.1) is 16.0 Å². The molecule has 0 aromatic heterocycles. The number of benzene rings is 1. The lowest BCUT2D eigenvalue weighted by atomic mass is 10.1. The zero-order chi connectivity index (χ0) is 15.4.